The van der Waals surface area contributed by atoms with Crippen molar-refractivity contribution in [1.29, 1.82) is 0 Å². The second-order valence-corrected chi connectivity index (χ2v) is 5.20. The molecule has 0 saturated carbocycles. The highest BCUT2D eigenvalue weighted by Gasteiger charge is 2.14. The normalized spacial score (nSPS) is 10.6. The Labute approximate surface area is 151 Å². The summed E-state index contributed by atoms with van der Waals surface area (Å²) >= 11 is 0. The van der Waals surface area contributed by atoms with Crippen molar-refractivity contribution in [2.24, 2.45) is 0 Å². The third-order valence-corrected chi connectivity index (χ3v) is 3.78. The summed E-state index contributed by atoms with van der Waals surface area (Å²) in [5, 5.41) is 2.42. The van der Waals surface area contributed by atoms with E-state index in [0.29, 0.717) is 0 Å². The molecule has 1 heteroatoms. The number of fused-ring (bicyclic) bond motifs is 1. The first-order chi connectivity index (χ1) is 12.3. The van der Waals surface area contributed by atoms with Gasteiger partial charge < -0.3 is 4.90 Å². The first kappa shape index (κ1) is 18.3. The van der Waals surface area contributed by atoms with Gasteiger partial charge in [-0.05, 0) is 35.7 Å². The lowest BCUT2D eigenvalue weighted by Gasteiger charge is -2.27. The highest BCUT2D eigenvalue weighted by molar-refractivity contribution is 5.97. The fourth-order valence-electron chi connectivity index (χ4n) is 2.76. The van der Waals surface area contributed by atoms with Crippen LogP contribution in [0.1, 0.15) is 13.8 Å². The van der Waals surface area contributed by atoms with Crippen LogP contribution in [0.5, 0.6) is 0 Å². The summed E-state index contributed by atoms with van der Waals surface area (Å²) in [5.74, 6) is 0. The van der Waals surface area contributed by atoms with Gasteiger partial charge in [-0.1, -0.05) is 87.7 Å². The summed E-state index contributed by atoms with van der Waals surface area (Å²) in [7, 11) is 0. The zero-order valence-electron chi connectivity index (χ0n) is 15.0. The number of benzene rings is 3. The molecule has 3 rings (SSSR count). The molecule has 3 aromatic carbocycles. The number of para-hydroxylation sites is 1. The predicted octanol–water partition coefficient (Wildman–Crippen LogP) is 7.26. The fraction of sp³-hybridized carbons (Fsp3) is 0.0833. The Hall–Kier alpha value is -3.06. The molecule has 0 unspecified atom stereocenters. The van der Waals surface area contributed by atoms with Crippen LogP contribution in [0, 0.1) is 0 Å². The van der Waals surface area contributed by atoms with Crippen molar-refractivity contribution < 1.29 is 0 Å². The summed E-state index contributed by atoms with van der Waals surface area (Å²) in [6.07, 6.45) is 5.62. The smallest absolute Gasteiger partial charge is 0.0540 e. The molecular formula is C24H25N. The Morgan fingerprint density at radius 3 is 2.12 bits per heavy atom. The van der Waals surface area contributed by atoms with E-state index in [1.807, 2.05) is 44.2 Å². The second-order valence-electron chi connectivity index (χ2n) is 5.20. The third-order valence-electron chi connectivity index (χ3n) is 3.78. The minimum Gasteiger partial charge on any atom is -0.310 e. The summed E-state index contributed by atoms with van der Waals surface area (Å²) in [5.41, 5.74) is 3.21. The molecule has 3 aromatic rings. The van der Waals surface area contributed by atoms with Crippen LogP contribution < -0.4 is 4.90 Å². The van der Waals surface area contributed by atoms with Gasteiger partial charge in [0.1, 0.15) is 0 Å². The Balaban J connectivity index is 0.00000109. The van der Waals surface area contributed by atoms with E-state index in [1.165, 1.54) is 10.8 Å². The van der Waals surface area contributed by atoms with Crippen molar-refractivity contribution in [3.05, 3.63) is 110 Å². The number of nitrogens with zero attached hydrogens (tertiary/aromatic N) is 1. The summed E-state index contributed by atoms with van der Waals surface area (Å²) < 4.78 is 0. The molecule has 0 amide bonds. The van der Waals surface area contributed by atoms with Gasteiger partial charge in [0, 0.05) is 16.8 Å². The predicted molar refractivity (Wildman–Crippen MR) is 112 cm³/mol. The first-order valence-electron chi connectivity index (χ1n) is 8.63. The molecule has 1 nitrogen and oxygen atoms in total. The molecule has 0 saturated heterocycles. The number of hydrogen-bond donors (Lipinski definition) is 0. The molecule has 0 bridgehead atoms. The zero-order valence-corrected chi connectivity index (χ0v) is 15.0. The maximum absolute atomic E-state index is 3.97. The molecule has 0 fully saturated rings. The van der Waals surface area contributed by atoms with Gasteiger partial charge >= 0.3 is 0 Å². The number of rotatable bonds is 5. The van der Waals surface area contributed by atoms with Crippen LogP contribution in [0.4, 0.5) is 11.4 Å². The van der Waals surface area contributed by atoms with E-state index in [2.05, 4.69) is 72.7 Å². The van der Waals surface area contributed by atoms with E-state index < -0.39 is 0 Å². The van der Waals surface area contributed by atoms with Crippen LogP contribution in [-0.2, 0) is 0 Å². The topological polar surface area (TPSA) is 3.24 Å². The van der Waals surface area contributed by atoms with Crippen molar-refractivity contribution in [3.63, 3.8) is 0 Å². The standard InChI is InChI=1S/C22H19N.C2H6/c1-3-11-19(4-2)23(20-14-6-5-7-15-20)22-17-10-13-18-12-8-9-16-21(18)22;1-2/h3-17H,1-2H2;1-2H3/b19-11+;. The van der Waals surface area contributed by atoms with Gasteiger partial charge in [0.2, 0.25) is 0 Å². The van der Waals surface area contributed by atoms with Gasteiger partial charge in [-0.15, -0.1) is 0 Å². The highest BCUT2D eigenvalue weighted by atomic mass is 15.1. The van der Waals surface area contributed by atoms with E-state index in [-0.39, 0.29) is 0 Å². The monoisotopic (exact) mass is 327 g/mol. The van der Waals surface area contributed by atoms with Gasteiger partial charge in [0.15, 0.2) is 0 Å². The zero-order chi connectivity index (χ0) is 18.1. The minimum atomic E-state index is 0.988. The quantitative estimate of drug-likeness (QED) is 0.446. The molecular weight excluding hydrogens is 302 g/mol. The van der Waals surface area contributed by atoms with Crippen molar-refractivity contribution in [1.82, 2.24) is 0 Å². The molecule has 25 heavy (non-hydrogen) atoms. The van der Waals surface area contributed by atoms with Crippen LogP contribution in [0.3, 0.4) is 0 Å². The lowest BCUT2D eigenvalue weighted by molar-refractivity contribution is 1.22. The van der Waals surface area contributed by atoms with Crippen LogP contribution in [0.2, 0.25) is 0 Å². The van der Waals surface area contributed by atoms with E-state index in [4.69, 9.17) is 0 Å². The molecule has 0 aliphatic rings. The maximum atomic E-state index is 3.97. The SMILES string of the molecule is C=C/C=C(\C=C)N(c1ccccc1)c1cccc2ccccc12.CC. The molecule has 0 radical (unpaired) electrons. The van der Waals surface area contributed by atoms with Crippen LogP contribution in [0.15, 0.2) is 110 Å². The van der Waals surface area contributed by atoms with E-state index in [9.17, 15) is 0 Å². The number of allylic oxidation sites excluding steroid dienone is 3. The molecule has 0 N–H and O–H groups in total. The lowest BCUT2D eigenvalue weighted by Crippen LogP contribution is -2.15. The van der Waals surface area contributed by atoms with Crippen LogP contribution in [0.25, 0.3) is 10.8 Å². The van der Waals surface area contributed by atoms with Gasteiger partial charge in [-0.2, -0.15) is 0 Å². The Bertz CT molecular complexity index is 854. The van der Waals surface area contributed by atoms with E-state index in [0.717, 1.165) is 17.1 Å². The van der Waals surface area contributed by atoms with Gasteiger partial charge in [0.25, 0.3) is 0 Å². The highest BCUT2D eigenvalue weighted by Crippen LogP contribution is 2.35. The van der Waals surface area contributed by atoms with Crippen molar-refractivity contribution >= 4 is 22.1 Å². The first-order valence-corrected chi connectivity index (χ1v) is 8.63. The largest absolute Gasteiger partial charge is 0.310 e. The Morgan fingerprint density at radius 1 is 0.800 bits per heavy atom. The van der Waals surface area contributed by atoms with Crippen molar-refractivity contribution in [2.45, 2.75) is 13.8 Å². The van der Waals surface area contributed by atoms with Gasteiger partial charge in [-0.3, -0.25) is 0 Å². The molecule has 0 atom stereocenters. The van der Waals surface area contributed by atoms with Crippen LogP contribution >= 0.6 is 0 Å². The summed E-state index contributed by atoms with van der Waals surface area (Å²) in [6, 6.07) is 25.1. The maximum Gasteiger partial charge on any atom is 0.0540 e. The van der Waals surface area contributed by atoms with Crippen molar-refractivity contribution in [3.8, 4) is 0 Å². The fourth-order valence-corrected chi connectivity index (χ4v) is 2.76. The Morgan fingerprint density at radius 2 is 1.44 bits per heavy atom. The second kappa shape index (κ2) is 9.29. The van der Waals surface area contributed by atoms with Crippen molar-refractivity contribution in [2.75, 3.05) is 4.90 Å². The molecule has 0 aliphatic carbocycles. The molecule has 0 spiro atoms. The number of anilines is 2. The molecule has 0 aromatic heterocycles. The minimum absolute atomic E-state index is 0.988. The van der Waals surface area contributed by atoms with E-state index >= 15 is 0 Å². The number of hydrogen-bond acceptors (Lipinski definition) is 1. The molecule has 126 valence electrons. The summed E-state index contributed by atoms with van der Waals surface area (Å²) in [4.78, 5) is 2.21. The van der Waals surface area contributed by atoms with Crippen LogP contribution in [-0.4, -0.2) is 0 Å². The van der Waals surface area contributed by atoms with Gasteiger partial charge in [0.05, 0.1) is 5.69 Å². The third kappa shape index (κ3) is 4.07. The molecule has 0 heterocycles. The Kier molecular flexibility index (Phi) is 6.79. The average molecular weight is 327 g/mol. The van der Waals surface area contributed by atoms with Gasteiger partial charge in [-0.25, -0.2) is 0 Å². The molecule has 0 aliphatic heterocycles. The lowest BCUT2D eigenvalue weighted by atomic mass is 10.1. The average Bonchev–Trinajstić information content (AvgIpc) is 2.70. The summed E-state index contributed by atoms with van der Waals surface area (Å²) in [6.45, 7) is 11.8. The van der Waals surface area contributed by atoms with E-state index in [1.54, 1.807) is 6.08 Å².